The minimum absolute atomic E-state index is 0.155. The van der Waals surface area contributed by atoms with Gasteiger partial charge in [-0.15, -0.1) is 0 Å². The Kier molecular flexibility index (Phi) is 5.61. The molecule has 2 amide bonds. The Morgan fingerprint density at radius 3 is 2.32 bits per heavy atom. The van der Waals surface area contributed by atoms with E-state index in [9.17, 15) is 9.59 Å². The lowest BCUT2D eigenvalue weighted by atomic mass is 10.1. The van der Waals surface area contributed by atoms with Crippen molar-refractivity contribution in [2.24, 2.45) is 0 Å². The van der Waals surface area contributed by atoms with E-state index in [-0.39, 0.29) is 11.8 Å². The molecule has 1 saturated heterocycles. The van der Waals surface area contributed by atoms with Crippen LogP contribution in [0.1, 0.15) is 28.8 Å². The fourth-order valence-corrected chi connectivity index (χ4v) is 3.33. The highest BCUT2D eigenvalue weighted by Crippen LogP contribution is 2.22. The van der Waals surface area contributed by atoms with E-state index in [0.29, 0.717) is 27.7 Å². The molecule has 6 heteroatoms. The SMILES string of the molecule is O=C(Nc1ccc(CC(=O)N2CCCC2)cc1)c1ccc(Cl)cc1Cl. The number of amides is 2. The lowest BCUT2D eigenvalue weighted by Gasteiger charge is -2.15. The van der Waals surface area contributed by atoms with Gasteiger partial charge in [0.2, 0.25) is 5.91 Å². The number of carbonyl (C=O) groups is 2. The third kappa shape index (κ3) is 4.53. The van der Waals surface area contributed by atoms with Gasteiger partial charge in [0, 0.05) is 23.8 Å². The van der Waals surface area contributed by atoms with Crippen molar-refractivity contribution in [3.05, 3.63) is 63.6 Å². The van der Waals surface area contributed by atoms with Gasteiger partial charge >= 0.3 is 0 Å². The smallest absolute Gasteiger partial charge is 0.257 e. The fourth-order valence-electron chi connectivity index (χ4n) is 2.83. The maximum absolute atomic E-state index is 12.3. The molecule has 0 bridgehead atoms. The maximum atomic E-state index is 12.3. The molecule has 25 heavy (non-hydrogen) atoms. The van der Waals surface area contributed by atoms with Gasteiger partial charge in [-0.1, -0.05) is 35.3 Å². The summed E-state index contributed by atoms with van der Waals surface area (Å²) in [6, 6.07) is 12.0. The highest BCUT2D eigenvalue weighted by atomic mass is 35.5. The van der Waals surface area contributed by atoms with E-state index in [0.717, 1.165) is 31.5 Å². The number of halogens is 2. The van der Waals surface area contributed by atoms with Gasteiger partial charge in [-0.3, -0.25) is 9.59 Å². The highest BCUT2D eigenvalue weighted by Gasteiger charge is 2.18. The van der Waals surface area contributed by atoms with Gasteiger partial charge in [0.1, 0.15) is 0 Å². The van der Waals surface area contributed by atoms with Gasteiger partial charge in [-0.2, -0.15) is 0 Å². The van der Waals surface area contributed by atoms with Crippen molar-refractivity contribution in [2.75, 3.05) is 18.4 Å². The minimum Gasteiger partial charge on any atom is -0.342 e. The summed E-state index contributed by atoms with van der Waals surface area (Å²) in [6.45, 7) is 1.71. The summed E-state index contributed by atoms with van der Waals surface area (Å²) < 4.78 is 0. The number of nitrogens with zero attached hydrogens (tertiary/aromatic N) is 1. The quantitative estimate of drug-likeness (QED) is 0.858. The predicted molar refractivity (Wildman–Crippen MR) is 100 cm³/mol. The number of likely N-dealkylation sites (tertiary alicyclic amines) is 1. The van der Waals surface area contributed by atoms with Crippen LogP contribution in [0.2, 0.25) is 10.0 Å². The third-order valence-corrected chi connectivity index (χ3v) is 4.75. The van der Waals surface area contributed by atoms with Crippen LogP contribution in [0.15, 0.2) is 42.5 Å². The van der Waals surface area contributed by atoms with Crippen molar-refractivity contribution >= 4 is 40.7 Å². The normalized spacial score (nSPS) is 13.8. The summed E-state index contributed by atoms with van der Waals surface area (Å²) in [5.74, 6) is -0.148. The molecule has 3 rings (SSSR count). The third-order valence-electron chi connectivity index (χ3n) is 4.20. The van der Waals surface area contributed by atoms with Gasteiger partial charge in [0.25, 0.3) is 5.91 Å². The van der Waals surface area contributed by atoms with Crippen LogP contribution in [0.3, 0.4) is 0 Å². The van der Waals surface area contributed by atoms with Crippen molar-refractivity contribution in [3.8, 4) is 0 Å². The molecule has 0 radical (unpaired) electrons. The van der Waals surface area contributed by atoms with E-state index < -0.39 is 0 Å². The van der Waals surface area contributed by atoms with Crippen LogP contribution in [0.25, 0.3) is 0 Å². The molecule has 1 fully saturated rings. The second-order valence-corrected chi connectivity index (χ2v) is 6.88. The first-order chi connectivity index (χ1) is 12.0. The number of hydrogen-bond acceptors (Lipinski definition) is 2. The Morgan fingerprint density at radius 2 is 1.68 bits per heavy atom. The Labute approximate surface area is 156 Å². The van der Waals surface area contributed by atoms with E-state index >= 15 is 0 Å². The summed E-state index contributed by atoms with van der Waals surface area (Å²) in [4.78, 5) is 26.3. The molecule has 2 aromatic carbocycles. The molecule has 0 aromatic heterocycles. The van der Waals surface area contributed by atoms with Crippen molar-refractivity contribution in [1.29, 1.82) is 0 Å². The van der Waals surface area contributed by atoms with Gasteiger partial charge in [0.05, 0.1) is 17.0 Å². The van der Waals surface area contributed by atoms with E-state index in [1.165, 1.54) is 6.07 Å². The molecule has 1 N–H and O–H groups in total. The monoisotopic (exact) mass is 376 g/mol. The number of rotatable bonds is 4. The molecule has 2 aromatic rings. The highest BCUT2D eigenvalue weighted by molar-refractivity contribution is 6.37. The molecule has 1 aliphatic heterocycles. The molecule has 0 unspecified atom stereocenters. The first-order valence-corrected chi connectivity index (χ1v) is 8.91. The minimum atomic E-state index is -0.303. The summed E-state index contributed by atoms with van der Waals surface area (Å²) in [7, 11) is 0. The van der Waals surface area contributed by atoms with Crippen LogP contribution >= 0.6 is 23.2 Å². The molecular formula is C19H18Cl2N2O2. The largest absolute Gasteiger partial charge is 0.342 e. The summed E-state index contributed by atoms with van der Waals surface area (Å²) in [5, 5.41) is 3.58. The van der Waals surface area contributed by atoms with Gasteiger partial charge < -0.3 is 10.2 Å². The zero-order chi connectivity index (χ0) is 17.8. The van der Waals surface area contributed by atoms with E-state index in [1.807, 2.05) is 17.0 Å². The van der Waals surface area contributed by atoms with Crippen molar-refractivity contribution in [3.63, 3.8) is 0 Å². The first-order valence-electron chi connectivity index (χ1n) is 8.16. The van der Waals surface area contributed by atoms with Crippen LogP contribution in [0.5, 0.6) is 0 Å². The van der Waals surface area contributed by atoms with Crippen LogP contribution in [0, 0.1) is 0 Å². The van der Waals surface area contributed by atoms with Gasteiger partial charge in [-0.05, 0) is 48.7 Å². The van der Waals surface area contributed by atoms with E-state index in [1.54, 1.807) is 24.3 Å². The lowest BCUT2D eigenvalue weighted by Crippen LogP contribution is -2.29. The van der Waals surface area contributed by atoms with Crippen molar-refractivity contribution < 1.29 is 9.59 Å². The van der Waals surface area contributed by atoms with Crippen molar-refractivity contribution in [1.82, 2.24) is 4.90 Å². The Bertz CT molecular complexity index is 785. The van der Waals surface area contributed by atoms with Crippen LogP contribution in [-0.2, 0) is 11.2 Å². The number of benzene rings is 2. The second kappa shape index (κ2) is 7.89. The number of anilines is 1. The molecule has 0 atom stereocenters. The molecular weight excluding hydrogens is 359 g/mol. The number of hydrogen-bond donors (Lipinski definition) is 1. The first kappa shape index (κ1) is 17.8. The van der Waals surface area contributed by atoms with Crippen LogP contribution in [0.4, 0.5) is 5.69 Å². The van der Waals surface area contributed by atoms with Crippen LogP contribution in [-0.4, -0.2) is 29.8 Å². The summed E-state index contributed by atoms with van der Waals surface area (Å²) >= 11 is 11.9. The van der Waals surface area contributed by atoms with Crippen molar-refractivity contribution in [2.45, 2.75) is 19.3 Å². The number of nitrogens with one attached hydrogen (secondary N) is 1. The van der Waals surface area contributed by atoms with E-state index in [2.05, 4.69) is 5.32 Å². The molecule has 1 heterocycles. The topological polar surface area (TPSA) is 49.4 Å². The second-order valence-electron chi connectivity index (χ2n) is 6.04. The van der Waals surface area contributed by atoms with E-state index in [4.69, 9.17) is 23.2 Å². The van der Waals surface area contributed by atoms with Crippen LogP contribution < -0.4 is 5.32 Å². The Morgan fingerprint density at radius 1 is 1.00 bits per heavy atom. The average Bonchev–Trinajstić information content (AvgIpc) is 3.11. The standard InChI is InChI=1S/C19H18Cl2N2O2/c20-14-5-8-16(17(21)12-14)19(25)22-15-6-3-13(4-7-15)11-18(24)23-9-1-2-10-23/h3-8,12H,1-2,9-11H2,(H,22,25). The van der Waals surface area contributed by atoms with Gasteiger partial charge in [-0.25, -0.2) is 0 Å². The number of carbonyl (C=O) groups excluding carboxylic acids is 2. The van der Waals surface area contributed by atoms with Gasteiger partial charge in [0.15, 0.2) is 0 Å². The molecule has 4 nitrogen and oxygen atoms in total. The summed E-state index contributed by atoms with van der Waals surface area (Å²) in [6.07, 6.45) is 2.56. The zero-order valence-electron chi connectivity index (χ0n) is 13.6. The maximum Gasteiger partial charge on any atom is 0.257 e. The summed E-state index contributed by atoms with van der Waals surface area (Å²) in [5.41, 5.74) is 1.94. The molecule has 0 saturated carbocycles. The molecule has 0 aliphatic carbocycles. The fraction of sp³-hybridized carbons (Fsp3) is 0.263. The molecule has 0 spiro atoms. The lowest BCUT2D eigenvalue weighted by molar-refractivity contribution is -0.129. The molecule has 130 valence electrons. The molecule has 1 aliphatic rings. The predicted octanol–water partition coefficient (Wildman–Crippen LogP) is 4.41. The zero-order valence-corrected chi connectivity index (χ0v) is 15.1. The Hall–Kier alpha value is -2.04. The Balaban J connectivity index is 1.62. The average molecular weight is 377 g/mol.